The predicted octanol–water partition coefficient (Wildman–Crippen LogP) is 3.42. The van der Waals surface area contributed by atoms with Gasteiger partial charge in [0.25, 0.3) is 5.91 Å². The van der Waals surface area contributed by atoms with E-state index in [0.29, 0.717) is 30.5 Å². The number of ether oxygens (including phenoxy) is 1. The van der Waals surface area contributed by atoms with E-state index in [1.165, 1.54) is 6.08 Å². The number of carbonyl (C=O) groups is 1. The average molecular weight is 402 g/mol. The van der Waals surface area contributed by atoms with Gasteiger partial charge in [0.2, 0.25) is 5.88 Å². The lowest BCUT2D eigenvalue weighted by molar-refractivity contribution is -0.112. The van der Waals surface area contributed by atoms with Crippen molar-refractivity contribution in [3.63, 3.8) is 0 Å². The highest BCUT2D eigenvalue weighted by molar-refractivity contribution is 9.10. The van der Waals surface area contributed by atoms with Crippen LogP contribution in [0.3, 0.4) is 0 Å². The Bertz CT molecular complexity index is 818. The van der Waals surface area contributed by atoms with E-state index in [-0.39, 0.29) is 5.57 Å². The highest BCUT2D eigenvalue weighted by atomic mass is 79.9. The van der Waals surface area contributed by atoms with Crippen LogP contribution in [-0.2, 0) is 9.53 Å². The van der Waals surface area contributed by atoms with Crippen molar-refractivity contribution in [2.24, 2.45) is 0 Å². The number of nitrogens with zero attached hydrogens (tertiary/aromatic N) is 2. The number of hydrogen-bond donors (Lipinski definition) is 1. The molecule has 0 unspecified atom stereocenters. The van der Waals surface area contributed by atoms with Gasteiger partial charge in [-0.2, -0.15) is 5.26 Å². The summed E-state index contributed by atoms with van der Waals surface area (Å²) in [5.41, 5.74) is 0.599. The van der Waals surface area contributed by atoms with Crippen molar-refractivity contribution in [3.05, 3.63) is 52.2 Å². The number of amides is 1. The van der Waals surface area contributed by atoms with E-state index in [9.17, 15) is 10.1 Å². The lowest BCUT2D eigenvalue weighted by Crippen LogP contribution is -2.36. The molecule has 0 saturated carbocycles. The standard InChI is InChI=1S/C18H16BrN3O3/c19-16-11-15(25-18(16)22-6-8-24-9-7-22)10-13(12-20)17(23)21-14-4-2-1-3-5-14/h1-5,10-11H,6-9H2,(H,21,23)/b13-10-. The number of benzene rings is 1. The Morgan fingerprint density at radius 2 is 2.00 bits per heavy atom. The SMILES string of the molecule is N#C/C(=C/c1cc(Br)c(N2CCOCC2)o1)C(=O)Nc1ccccc1. The molecule has 7 heteroatoms. The summed E-state index contributed by atoms with van der Waals surface area (Å²) in [4.78, 5) is 14.3. The smallest absolute Gasteiger partial charge is 0.266 e. The molecule has 3 rings (SSSR count). The van der Waals surface area contributed by atoms with Gasteiger partial charge >= 0.3 is 0 Å². The summed E-state index contributed by atoms with van der Waals surface area (Å²) in [7, 11) is 0. The average Bonchev–Trinajstić information content (AvgIpc) is 3.01. The maximum absolute atomic E-state index is 12.3. The largest absolute Gasteiger partial charge is 0.440 e. The van der Waals surface area contributed by atoms with Gasteiger partial charge in [0, 0.05) is 30.9 Å². The minimum atomic E-state index is -0.478. The monoisotopic (exact) mass is 401 g/mol. The van der Waals surface area contributed by atoms with E-state index >= 15 is 0 Å². The summed E-state index contributed by atoms with van der Waals surface area (Å²) in [6.07, 6.45) is 1.44. The Morgan fingerprint density at radius 1 is 1.28 bits per heavy atom. The van der Waals surface area contributed by atoms with Crippen LogP contribution in [0.1, 0.15) is 5.76 Å². The zero-order valence-corrected chi connectivity index (χ0v) is 15.0. The molecule has 1 aliphatic rings. The Hall–Kier alpha value is -2.56. The summed E-state index contributed by atoms with van der Waals surface area (Å²) in [5.74, 6) is 0.637. The van der Waals surface area contributed by atoms with Crippen LogP contribution in [0.25, 0.3) is 6.08 Å². The van der Waals surface area contributed by atoms with Gasteiger partial charge in [0.15, 0.2) is 0 Å². The molecule has 0 bridgehead atoms. The minimum absolute atomic E-state index is 0.0290. The number of furan rings is 1. The van der Waals surface area contributed by atoms with Gasteiger partial charge in [-0.25, -0.2) is 0 Å². The summed E-state index contributed by atoms with van der Waals surface area (Å²) >= 11 is 3.47. The van der Waals surface area contributed by atoms with Crippen molar-refractivity contribution in [1.82, 2.24) is 0 Å². The predicted molar refractivity (Wildman–Crippen MR) is 98.1 cm³/mol. The van der Waals surface area contributed by atoms with Gasteiger partial charge in [0.1, 0.15) is 17.4 Å². The van der Waals surface area contributed by atoms with Crippen molar-refractivity contribution in [2.45, 2.75) is 0 Å². The lowest BCUT2D eigenvalue weighted by atomic mass is 10.2. The van der Waals surface area contributed by atoms with Crippen LogP contribution in [0.2, 0.25) is 0 Å². The molecule has 128 valence electrons. The van der Waals surface area contributed by atoms with Gasteiger partial charge < -0.3 is 19.4 Å². The second kappa shape index (κ2) is 8.01. The number of para-hydroxylation sites is 1. The summed E-state index contributed by atoms with van der Waals surface area (Å²) < 4.78 is 11.9. The summed E-state index contributed by atoms with van der Waals surface area (Å²) in [6, 6.07) is 12.7. The van der Waals surface area contributed by atoms with E-state index in [2.05, 4.69) is 26.1 Å². The molecule has 1 saturated heterocycles. The molecule has 0 radical (unpaired) electrons. The first-order valence-corrected chi connectivity index (χ1v) is 8.57. The first-order chi connectivity index (χ1) is 12.2. The van der Waals surface area contributed by atoms with Crippen molar-refractivity contribution >= 4 is 39.5 Å². The first-order valence-electron chi connectivity index (χ1n) is 7.77. The lowest BCUT2D eigenvalue weighted by Gasteiger charge is -2.26. The number of carbonyl (C=O) groups excluding carboxylic acids is 1. The van der Waals surface area contributed by atoms with Crippen LogP contribution >= 0.6 is 15.9 Å². The van der Waals surface area contributed by atoms with Gasteiger partial charge in [-0.05, 0) is 28.1 Å². The molecule has 0 spiro atoms. The molecule has 1 amide bonds. The topological polar surface area (TPSA) is 78.5 Å². The van der Waals surface area contributed by atoms with Gasteiger partial charge in [-0.1, -0.05) is 18.2 Å². The maximum Gasteiger partial charge on any atom is 0.266 e. The molecule has 1 aromatic heterocycles. The van der Waals surface area contributed by atoms with E-state index in [0.717, 1.165) is 17.6 Å². The molecular formula is C18H16BrN3O3. The third kappa shape index (κ3) is 4.29. The van der Waals surface area contributed by atoms with Crippen LogP contribution in [0, 0.1) is 11.3 Å². The van der Waals surface area contributed by atoms with Crippen molar-refractivity contribution < 1.29 is 13.9 Å². The van der Waals surface area contributed by atoms with Crippen molar-refractivity contribution in [3.8, 4) is 6.07 Å². The second-order valence-corrected chi connectivity index (χ2v) is 6.25. The number of halogens is 1. The minimum Gasteiger partial charge on any atom is -0.440 e. The highest BCUT2D eigenvalue weighted by Crippen LogP contribution is 2.31. The quantitative estimate of drug-likeness (QED) is 0.626. The van der Waals surface area contributed by atoms with Crippen LogP contribution in [0.5, 0.6) is 0 Å². The zero-order valence-electron chi connectivity index (χ0n) is 13.4. The second-order valence-electron chi connectivity index (χ2n) is 5.39. The number of nitriles is 1. The third-order valence-electron chi connectivity index (χ3n) is 3.67. The van der Waals surface area contributed by atoms with Gasteiger partial charge in [0.05, 0.1) is 17.7 Å². The fraction of sp³-hybridized carbons (Fsp3) is 0.222. The Balaban J connectivity index is 1.78. The maximum atomic E-state index is 12.3. The van der Waals surface area contributed by atoms with Gasteiger partial charge in [-0.3, -0.25) is 4.79 Å². The number of nitrogens with one attached hydrogen (secondary N) is 1. The molecule has 6 nitrogen and oxygen atoms in total. The summed E-state index contributed by atoms with van der Waals surface area (Å²) in [6.45, 7) is 2.74. The Labute approximate surface area is 153 Å². The first kappa shape index (κ1) is 17.3. The number of anilines is 2. The Kier molecular flexibility index (Phi) is 5.53. The van der Waals surface area contributed by atoms with Crippen molar-refractivity contribution in [1.29, 1.82) is 5.26 Å². The molecule has 0 aliphatic carbocycles. The normalized spacial score (nSPS) is 14.9. The number of hydrogen-bond acceptors (Lipinski definition) is 5. The highest BCUT2D eigenvalue weighted by Gasteiger charge is 2.19. The van der Waals surface area contributed by atoms with Crippen LogP contribution in [0.4, 0.5) is 11.6 Å². The molecule has 1 aromatic carbocycles. The van der Waals surface area contributed by atoms with E-state index in [1.807, 2.05) is 24.3 Å². The zero-order chi connectivity index (χ0) is 17.6. The fourth-order valence-corrected chi connectivity index (χ4v) is 3.00. The van der Waals surface area contributed by atoms with Gasteiger partial charge in [-0.15, -0.1) is 0 Å². The third-order valence-corrected chi connectivity index (χ3v) is 4.24. The Morgan fingerprint density at radius 3 is 2.68 bits per heavy atom. The molecule has 2 heterocycles. The molecule has 1 fully saturated rings. The van der Waals surface area contributed by atoms with Crippen molar-refractivity contribution in [2.75, 3.05) is 36.5 Å². The number of rotatable bonds is 4. The molecule has 0 atom stereocenters. The molecular weight excluding hydrogens is 386 g/mol. The molecule has 1 N–H and O–H groups in total. The van der Waals surface area contributed by atoms with Crippen LogP contribution < -0.4 is 10.2 Å². The van der Waals surface area contributed by atoms with E-state index < -0.39 is 5.91 Å². The van der Waals surface area contributed by atoms with Crippen LogP contribution in [0.15, 0.2) is 50.9 Å². The molecule has 1 aliphatic heterocycles. The van der Waals surface area contributed by atoms with E-state index in [1.54, 1.807) is 18.2 Å². The fourth-order valence-electron chi connectivity index (χ4n) is 2.44. The van der Waals surface area contributed by atoms with E-state index in [4.69, 9.17) is 9.15 Å². The molecule has 25 heavy (non-hydrogen) atoms. The summed E-state index contributed by atoms with van der Waals surface area (Å²) in [5, 5.41) is 12.0. The molecule has 2 aromatic rings. The van der Waals surface area contributed by atoms with Crippen LogP contribution in [-0.4, -0.2) is 32.2 Å². The number of morpholine rings is 1.